The van der Waals surface area contributed by atoms with Crippen LogP contribution in [0, 0.1) is 13.3 Å². The van der Waals surface area contributed by atoms with Crippen molar-refractivity contribution in [2.24, 2.45) is 5.92 Å². The number of rotatable bonds is 4. The minimum absolute atomic E-state index is 0. The topological polar surface area (TPSA) is 108 Å². The van der Waals surface area contributed by atoms with Crippen molar-refractivity contribution in [1.82, 2.24) is 0 Å². The molecule has 6 heterocycles. The molecule has 20 aromatic carbocycles. The molecule has 0 spiro atoms. The van der Waals surface area contributed by atoms with Gasteiger partial charge >= 0.3 is 43.8 Å². The summed E-state index contributed by atoms with van der Waals surface area (Å²) in [6, 6.07) is 127. The summed E-state index contributed by atoms with van der Waals surface area (Å²) in [7, 11) is -3.37. The van der Waals surface area contributed by atoms with Crippen LogP contribution in [0.3, 0.4) is 0 Å². The predicted octanol–water partition coefficient (Wildman–Crippen LogP) is 35.7. The van der Waals surface area contributed by atoms with E-state index < -0.39 is 43.6 Å². The average Bonchev–Trinajstić information content (AvgIpc) is 1.70. The van der Waals surface area contributed by atoms with Crippen molar-refractivity contribution in [1.29, 1.82) is 0 Å². The summed E-state index contributed by atoms with van der Waals surface area (Å²) in [5, 5.41) is 25.7. The first-order valence-corrected chi connectivity index (χ1v) is 52.5. The van der Waals surface area contributed by atoms with Gasteiger partial charge in [-0.3, -0.25) is 0 Å². The zero-order valence-electron chi connectivity index (χ0n) is 74.9. The average molecular weight is 1940 g/mol. The van der Waals surface area contributed by atoms with Crippen molar-refractivity contribution in [3.05, 3.63) is 417 Å². The Balaban J connectivity index is 0.000000137. The molecule has 0 amide bonds. The standard InChI is InChI=1S/2C55H36O5P2.C8H12.CH3.ClH.Ru.H/c2*1-55(2)41-21-11-23-47(61-57-43-29-25-33-13-3-7-17-37(33)49(43)50-38-18-8-4-14-34(38)26-30-44(50)58-61)53(41)56-54-42(55)22-12-24-48(54)62-59-45-31-27-35-15-5-9-19-39(35)51(45)52-40-20-10-6-16-36(40)28-32-46(52)60-62;1-7-3-5-8(2)6-4-7;;;;/h2*3-32H,1-2H3;3-5,8H,6H2,1-2H3;1H3;1H;;/q;;;-1;;+1;/p+1. The minimum atomic E-state index is -2.25. The molecule has 135 heavy (non-hydrogen) atoms. The zero-order valence-corrected chi connectivity index (χ0v) is 81.3. The summed E-state index contributed by atoms with van der Waals surface area (Å²) in [4.78, 5) is 0. The van der Waals surface area contributed by atoms with E-state index >= 15 is 0 Å². The molecule has 5 aliphatic rings. The van der Waals surface area contributed by atoms with Crippen LogP contribution < -0.4 is 38.2 Å². The number of benzene rings is 20. The Kier molecular flexibility index (Phi) is 22.0. The molecule has 1 atom stereocenters. The molecular weight excluding hydrogens is 1850 g/mol. The molecule has 0 fully saturated rings. The van der Waals surface area contributed by atoms with Gasteiger partial charge in [-0.05, 0) is 178 Å². The summed E-state index contributed by atoms with van der Waals surface area (Å²) in [5.41, 5.74) is 12.0. The Morgan fingerprint density at radius 3 is 0.830 bits per heavy atom. The zero-order chi connectivity index (χ0) is 90.2. The molecule has 27 rings (SSSR count). The van der Waals surface area contributed by atoms with Crippen molar-refractivity contribution in [2.45, 2.75) is 58.8 Å². The Bertz CT molecular complexity index is 7970. The molecular formula is C119H90ClO10P4Ru+. The summed E-state index contributed by atoms with van der Waals surface area (Å²) in [5.74, 6) is 6.93. The molecule has 22 aromatic rings. The first-order chi connectivity index (χ1) is 65.8. The van der Waals surface area contributed by atoms with Gasteiger partial charge in [0.25, 0.3) is 16.0 Å². The van der Waals surface area contributed by atoms with Gasteiger partial charge < -0.3 is 51.8 Å². The van der Waals surface area contributed by atoms with Gasteiger partial charge in [0.1, 0.15) is 44.4 Å². The Morgan fingerprint density at radius 1 is 0.296 bits per heavy atom. The summed E-state index contributed by atoms with van der Waals surface area (Å²) < 4.78 is 71.9. The molecule has 2 aromatic heterocycles. The molecule has 0 bridgehead atoms. The molecule has 4 aliphatic heterocycles. The van der Waals surface area contributed by atoms with Crippen LogP contribution in [0.4, 0.5) is 0 Å². The van der Waals surface area contributed by atoms with E-state index in [1.165, 1.54) is 12.0 Å². The molecule has 660 valence electrons. The number of halogens is 1. The van der Waals surface area contributed by atoms with Gasteiger partial charge in [-0.1, -0.05) is 350 Å². The maximum absolute atomic E-state index is 7.33. The van der Waals surface area contributed by atoms with Crippen molar-refractivity contribution in [2.75, 3.05) is 0 Å². The van der Waals surface area contributed by atoms with Crippen molar-refractivity contribution in [3.8, 4) is 78.9 Å². The van der Waals surface area contributed by atoms with Gasteiger partial charge in [0.15, 0.2) is 34.5 Å². The molecule has 0 saturated carbocycles. The van der Waals surface area contributed by atoms with Crippen LogP contribution in [0.2, 0.25) is 0 Å². The Hall–Kier alpha value is -13.7. The summed E-state index contributed by atoms with van der Waals surface area (Å²) >= 11 is 1.62. The van der Waals surface area contributed by atoms with Crippen LogP contribution in [0.15, 0.2) is 405 Å². The molecule has 1 aliphatic carbocycles. The van der Waals surface area contributed by atoms with E-state index in [0.717, 1.165) is 248 Å². The number of allylic oxidation sites excluding steroid dienone is 4. The molecule has 16 heteroatoms. The van der Waals surface area contributed by atoms with E-state index in [4.69, 9.17) is 44.4 Å². The van der Waals surface area contributed by atoms with Crippen LogP contribution in [0.5, 0.6) is 46.0 Å². The van der Waals surface area contributed by atoms with E-state index in [-0.39, 0.29) is 7.43 Å². The number of hydrogen-bond acceptors (Lipinski definition) is 10. The van der Waals surface area contributed by atoms with E-state index in [1.54, 1.807) is 17.3 Å². The fraction of sp³-hybridized carbons (Fsp3) is 0.0840. The van der Waals surface area contributed by atoms with E-state index in [9.17, 15) is 0 Å². The van der Waals surface area contributed by atoms with Gasteiger partial charge in [0.2, 0.25) is 10.6 Å². The normalized spacial score (nSPS) is 14.6. The van der Waals surface area contributed by atoms with Crippen LogP contribution in [-0.2, 0) is 28.1 Å². The van der Waals surface area contributed by atoms with E-state index in [1.807, 2.05) is 0 Å². The quantitative estimate of drug-likeness (QED) is 0.0960. The first kappa shape index (κ1) is 85.5. The molecule has 0 N–H and O–H groups in total. The number of para-hydroxylation sites is 4. The third-order valence-corrected chi connectivity index (χ3v) is 33.3. The first-order valence-electron chi connectivity index (χ1n) is 45.1. The number of hydrogen-bond donors (Lipinski definition) is 0. The van der Waals surface area contributed by atoms with Gasteiger partial charge in [-0.15, -0.1) is 0 Å². The van der Waals surface area contributed by atoms with Gasteiger partial charge in [-0.25, -0.2) is 0 Å². The van der Waals surface area contributed by atoms with Crippen LogP contribution in [0.25, 0.3) is 163 Å². The summed E-state index contributed by atoms with van der Waals surface area (Å²) in [6.45, 7) is 13.4. The predicted molar refractivity (Wildman–Crippen MR) is 565 cm³/mol. The third-order valence-electron chi connectivity index (χ3n) is 27.1. The molecule has 10 nitrogen and oxygen atoms in total. The second-order valence-electron chi connectivity index (χ2n) is 35.8. The molecule has 0 saturated heterocycles. The number of ether oxygens (including phenoxy) is 2. The van der Waals surface area contributed by atoms with Crippen LogP contribution in [-0.4, -0.2) is 0 Å². The fourth-order valence-electron chi connectivity index (χ4n) is 20.4. The van der Waals surface area contributed by atoms with E-state index in [2.05, 4.69) is 433 Å². The maximum atomic E-state index is 7.33. The fourth-order valence-corrected chi connectivity index (χ4v) is 26.5. The molecule has 0 radical (unpaired) electrons. The van der Waals surface area contributed by atoms with E-state index in [0.29, 0.717) is 0 Å². The van der Waals surface area contributed by atoms with Gasteiger partial charge in [0.05, 0.1) is 0 Å². The second-order valence-corrected chi connectivity index (χ2v) is 41.6. The van der Waals surface area contributed by atoms with Crippen molar-refractivity contribution in [3.63, 3.8) is 0 Å². The monoisotopic (exact) mass is 1940 g/mol. The van der Waals surface area contributed by atoms with Crippen molar-refractivity contribution < 1.29 is 61.7 Å². The van der Waals surface area contributed by atoms with Crippen molar-refractivity contribution >= 4 is 183 Å². The van der Waals surface area contributed by atoms with Gasteiger partial charge in [0, 0.05) is 76.9 Å². The number of fused-ring (bicyclic) bond motifs is 32. The third kappa shape index (κ3) is 14.5. The Morgan fingerprint density at radius 2 is 0.548 bits per heavy atom. The Labute approximate surface area is 799 Å². The van der Waals surface area contributed by atoms with Crippen LogP contribution >= 0.6 is 42.5 Å². The van der Waals surface area contributed by atoms with Gasteiger partial charge in [-0.2, -0.15) is 0 Å². The van der Waals surface area contributed by atoms with Crippen LogP contribution in [0.1, 0.15) is 70.2 Å². The second kappa shape index (κ2) is 34.7. The SMILES string of the molecule is CC1(C)c2cccc(-p3oc4ccc5ccccc5c4c4c(ccc5ccccc54)o3)c2Oc2c(-p3oc4ccc5ccccc5c4c4c(ccc5ccccc54)o3)cccc21.CC1(C)c2cccc([PH+]3Oc4ccc5ccccc5c4-c4c(ccc5ccccc45)O3)c2Oc2c([PH+]3Oc4ccc5ccccc5c4-c4c(ccc5ccccc45)O3)cccc21.CC1=CCC(C)C=C1.[CH3-].[Cl][RuH]. The molecule has 1 unspecified atom stereocenters. The summed E-state index contributed by atoms with van der Waals surface area (Å²) in [6.07, 6.45) is 7.95.